The summed E-state index contributed by atoms with van der Waals surface area (Å²) in [5.74, 6) is -0.458. The average Bonchev–Trinajstić information content (AvgIpc) is 2.77. The van der Waals surface area contributed by atoms with Crippen molar-refractivity contribution in [3.05, 3.63) is 103 Å². The number of amides is 1. The van der Waals surface area contributed by atoms with Gasteiger partial charge in [-0.3, -0.25) is 14.9 Å². The van der Waals surface area contributed by atoms with E-state index in [1.165, 1.54) is 30.3 Å². The van der Waals surface area contributed by atoms with Crippen LogP contribution in [0.5, 0.6) is 5.75 Å². The second kappa shape index (κ2) is 10.8. The summed E-state index contributed by atoms with van der Waals surface area (Å²) in [5.41, 5.74) is 1.13. The summed E-state index contributed by atoms with van der Waals surface area (Å²) in [6.45, 7) is 0.0385. The zero-order valence-corrected chi connectivity index (χ0v) is 19.0. The van der Waals surface area contributed by atoms with Crippen molar-refractivity contribution in [1.82, 2.24) is 0 Å². The van der Waals surface area contributed by atoms with Crippen LogP contribution in [0.2, 0.25) is 15.1 Å². The van der Waals surface area contributed by atoms with Gasteiger partial charge in [-0.25, -0.2) is 0 Å². The van der Waals surface area contributed by atoms with E-state index >= 15 is 0 Å². The van der Waals surface area contributed by atoms with Crippen molar-refractivity contribution in [3.8, 4) is 11.8 Å². The van der Waals surface area contributed by atoms with Crippen LogP contribution >= 0.6 is 34.8 Å². The van der Waals surface area contributed by atoms with E-state index in [1.807, 2.05) is 6.07 Å². The van der Waals surface area contributed by atoms with E-state index in [0.717, 1.165) is 0 Å². The summed E-state index contributed by atoms with van der Waals surface area (Å²) in [5, 5.41) is 23.8. The minimum Gasteiger partial charge on any atom is -0.487 e. The molecule has 0 radical (unpaired) electrons. The lowest BCUT2D eigenvalue weighted by atomic mass is 10.1. The van der Waals surface area contributed by atoms with E-state index < -0.39 is 10.8 Å². The molecule has 0 saturated carbocycles. The summed E-state index contributed by atoms with van der Waals surface area (Å²) in [6.07, 6.45) is 1.31. The van der Waals surface area contributed by atoms with Crippen LogP contribution in [0, 0.1) is 21.4 Å². The van der Waals surface area contributed by atoms with Crippen LogP contribution in [0.25, 0.3) is 6.08 Å². The van der Waals surface area contributed by atoms with Gasteiger partial charge in [-0.1, -0.05) is 40.9 Å². The first kappa shape index (κ1) is 24.1. The molecule has 0 saturated heterocycles. The summed E-state index contributed by atoms with van der Waals surface area (Å²) in [6, 6.07) is 17.1. The summed E-state index contributed by atoms with van der Waals surface area (Å²) in [7, 11) is 0. The molecular weight excluding hydrogens is 489 g/mol. The second-order valence-electron chi connectivity index (χ2n) is 6.65. The third kappa shape index (κ3) is 6.46. The Balaban J connectivity index is 1.86. The zero-order valence-electron chi connectivity index (χ0n) is 16.7. The van der Waals surface area contributed by atoms with Crippen molar-refractivity contribution >= 4 is 58.2 Å². The normalized spacial score (nSPS) is 10.9. The largest absolute Gasteiger partial charge is 0.487 e. The van der Waals surface area contributed by atoms with Crippen LogP contribution < -0.4 is 10.1 Å². The van der Waals surface area contributed by atoms with E-state index in [0.29, 0.717) is 21.8 Å². The number of carbonyl (C=O) groups excluding carboxylic acids is 1. The van der Waals surface area contributed by atoms with Gasteiger partial charge in [0.2, 0.25) is 0 Å². The number of benzene rings is 3. The van der Waals surface area contributed by atoms with Crippen LogP contribution in [-0.2, 0) is 11.4 Å². The highest BCUT2D eigenvalue weighted by Crippen LogP contribution is 2.34. The summed E-state index contributed by atoms with van der Waals surface area (Å²) < 4.78 is 5.80. The maximum Gasteiger partial charge on any atom is 0.269 e. The van der Waals surface area contributed by atoms with Crippen LogP contribution in [0.1, 0.15) is 11.1 Å². The molecule has 0 fully saturated rings. The van der Waals surface area contributed by atoms with E-state index in [1.54, 1.807) is 36.4 Å². The van der Waals surface area contributed by atoms with Gasteiger partial charge in [-0.15, -0.1) is 0 Å². The maximum atomic E-state index is 12.6. The fourth-order valence-corrected chi connectivity index (χ4v) is 3.53. The standard InChI is InChI=1S/C23H14Cl3N3O4/c24-17-2-1-3-19(10-17)28-23(30)16(12-27)8-15-9-18(25)11-21(26)22(15)33-13-14-4-6-20(7-5-14)29(31)32/h1-11H,13H2,(H,28,30)/b16-8+. The molecule has 0 unspecified atom stereocenters. The number of rotatable bonds is 7. The van der Waals surface area contributed by atoms with Crippen molar-refractivity contribution in [2.45, 2.75) is 6.61 Å². The number of nitrogens with zero attached hydrogens (tertiary/aromatic N) is 2. The van der Waals surface area contributed by atoms with Gasteiger partial charge in [0, 0.05) is 33.4 Å². The number of nitro groups is 1. The molecular formula is C23H14Cl3N3O4. The lowest BCUT2D eigenvalue weighted by Crippen LogP contribution is -2.13. The summed E-state index contributed by atoms with van der Waals surface area (Å²) in [4.78, 5) is 22.9. The molecule has 33 heavy (non-hydrogen) atoms. The highest BCUT2D eigenvalue weighted by atomic mass is 35.5. The molecule has 7 nitrogen and oxygen atoms in total. The number of non-ortho nitro benzene ring substituents is 1. The van der Waals surface area contributed by atoms with Gasteiger partial charge >= 0.3 is 0 Å². The molecule has 3 aromatic carbocycles. The number of hydrogen-bond donors (Lipinski definition) is 1. The van der Waals surface area contributed by atoms with Gasteiger partial charge in [-0.05, 0) is 54.1 Å². The third-order valence-corrected chi connectivity index (χ3v) is 5.05. The Morgan fingerprint density at radius 3 is 2.45 bits per heavy atom. The van der Waals surface area contributed by atoms with Crippen molar-refractivity contribution in [3.63, 3.8) is 0 Å². The Morgan fingerprint density at radius 1 is 1.09 bits per heavy atom. The van der Waals surface area contributed by atoms with E-state index in [9.17, 15) is 20.2 Å². The summed E-state index contributed by atoms with van der Waals surface area (Å²) >= 11 is 18.3. The first-order valence-corrected chi connectivity index (χ1v) is 10.4. The molecule has 0 aromatic heterocycles. The molecule has 0 spiro atoms. The van der Waals surface area contributed by atoms with Gasteiger partial charge in [0.15, 0.2) is 0 Å². The van der Waals surface area contributed by atoms with E-state index in [-0.39, 0.29) is 33.7 Å². The lowest BCUT2D eigenvalue weighted by molar-refractivity contribution is -0.384. The number of halogens is 3. The van der Waals surface area contributed by atoms with Gasteiger partial charge in [0.1, 0.15) is 24.0 Å². The van der Waals surface area contributed by atoms with Crippen LogP contribution in [0.15, 0.2) is 66.2 Å². The number of ether oxygens (including phenoxy) is 1. The number of carbonyl (C=O) groups is 1. The number of nitriles is 1. The van der Waals surface area contributed by atoms with Gasteiger partial charge in [0.25, 0.3) is 11.6 Å². The molecule has 10 heteroatoms. The second-order valence-corrected chi connectivity index (χ2v) is 7.93. The predicted octanol–water partition coefficient (Wildman–Crippen LogP) is 6.68. The molecule has 1 N–H and O–H groups in total. The Labute approximate surface area is 203 Å². The minimum atomic E-state index is -0.655. The molecule has 3 rings (SSSR count). The molecule has 0 aliphatic rings. The Bertz CT molecular complexity index is 1290. The predicted molar refractivity (Wildman–Crippen MR) is 128 cm³/mol. The fourth-order valence-electron chi connectivity index (χ4n) is 2.78. The molecule has 1 amide bonds. The molecule has 0 aliphatic heterocycles. The highest BCUT2D eigenvalue weighted by Gasteiger charge is 2.15. The van der Waals surface area contributed by atoms with Crippen molar-refractivity contribution in [1.29, 1.82) is 5.26 Å². The molecule has 166 valence electrons. The number of nitro benzene ring substituents is 1. The first-order chi connectivity index (χ1) is 15.8. The van der Waals surface area contributed by atoms with E-state index in [2.05, 4.69) is 5.32 Å². The topological polar surface area (TPSA) is 105 Å². The van der Waals surface area contributed by atoms with Crippen molar-refractivity contribution < 1.29 is 14.5 Å². The monoisotopic (exact) mass is 501 g/mol. The van der Waals surface area contributed by atoms with Gasteiger partial charge in [-0.2, -0.15) is 5.26 Å². The van der Waals surface area contributed by atoms with Gasteiger partial charge in [0.05, 0.1) is 9.95 Å². The Kier molecular flexibility index (Phi) is 7.91. The molecule has 0 heterocycles. The smallest absolute Gasteiger partial charge is 0.269 e. The average molecular weight is 503 g/mol. The number of nitrogens with one attached hydrogen (secondary N) is 1. The number of anilines is 1. The van der Waals surface area contributed by atoms with Crippen molar-refractivity contribution in [2.24, 2.45) is 0 Å². The van der Waals surface area contributed by atoms with Crippen LogP contribution in [0.4, 0.5) is 11.4 Å². The fraction of sp³-hybridized carbons (Fsp3) is 0.0435. The first-order valence-electron chi connectivity index (χ1n) is 9.30. The van der Waals surface area contributed by atoms with Crippen molar-refractivity contribution in [2.75, 3.05) is 5.32 Å². The molecule has 0 bridgehead atoms. The number of hydrogen-bond acceptors (Lipinski definition) is 5. The molecule has 3 aromatic rings. The SMILES string of the molecule is N#C/C(=C\c1cc(Cl)cc(Cl)c1OCc1ccc([N+](=O)[O-])cc1)C(=O)Nc1cccc(Cl)c1. The quantitative estimate of drug-likeness (QED) is 0.168. The zero-order chi connectivity index (χ0) is 24.0. The molecule has 0 aliphatic carbocycles. The third-order valence-electron chi connectivity index (χ3n) is 4.31. The van der Waals surface area contributed by atoms with E-state index in [4.69, 9.17) is 39.5 Å². The lowest BCUT2D eigenvalue weighted by Gasteiger charge is -2.13. The minimum absolute atomic E-state index is 0.0385. The Morgan fingerprint density at radius 2 is 1.82 bits per heavy atom. The Hall–Kier alpha value is -3.57. The molecule has 0 atom stereocenters. The highest BCUT2D eigenvalue weighted by molar-refractivity contribution is 6.36. The van der Waals surface area contributed by atoms with Crippen LogP contribution in [-0.4, -0.2) is 10.8 Å². The van der Waals surface area contributed by atoms with Gasteiger partial charge < -0.3 is 10.1 Å². The maximum absolute atomic E-state index is 12.6. The van der Waals surface area contributed by atoms with Crippen LogP contribution in [0.3, 0.4) is 0 Å².